The molecule has 122 valence electrons. The molecule has 0 saturated carbocycles. The minimum absolute atomic E-state index is 0.244. The molecule has 1 aliphatic rings. The molecule has 1 atom stereocenters. The molecule has 1 aliphatic heterocycles. The van der Waals surface area contributed by atoms with E-state index < -0.39 is 0 Å². The number of nitrogens with one attached hydrogen (secondary N) is 1. The highest BCUT2D eigenvalue weighted by Crippen LogP contribution is 2.21. The summed E-state index contributed by atoms with van der Waals surface area (Å²) >= 11 is 5.49. The van der Waals surface area contributed by atoms with E-state index in [0.717, 1.165) is 17.1 Å². The Hall–Kier alpha value is -2.86. The van der Waals surface area contributed by atoms with E-state index in [1.165, 1.54) is 0 Å². The minimum atomic E-state index is -0.244. The van der Waals surface area contributed by atoms with Crippen LogP contribution in [0.3, 0.4) is 0 Å². The first-order valence-electron chi connectivity index (χ1n) is 7.49. The summed E-state index contributed by atoms with van der Waals surface area (Å²) in [5.41, 5.74) is 7.92. The highest BCUT2D eigenvalue weighted by Gasteiger charge is 2.21. The molecule has 5 nitrogen and oxygen atoms in total. The van der Waals surface area contributed by atoms with Crippen LogP contribution in [0.25, 0.3) is 0 Å². The van der Waals surface area contributed by atoms with Gasteiger partial charge in [-0.1, -0.05) is 36.5 Å². The summed E-state index contributed by atoms with van der Waals surface area (Å²) in [6, 6.07) is 17.4. The second kappa shape index (κ2) is 7.14. The smallest absolute Gasteiger partial charge is 0.134 e. The van der Waals surface area contributed by atoms with Gasteiger partial charge in [-0.05, 0) is 30.3 Å². The van der Waals surface area contributed by atoms with Crippen LogP contribution in [0.4, 0.5) is 11.4 Å². The molecule has 0 spiro atoms. The number of nitrogens with two attached hydrogens (primary N) is 1. The van der Waals surface area contributed by atoms with E-state index >= 15 is 0 Å². The molecular formula is C18H18N4OS. The van der Waals surface area contributed by atoms with Crippen LogP contribution in [0.5, 0.6) is 5.75 Å². The Morgan fingerprint density at radius 1 is 1.21 bits per heavy atom. The number of amidine groups is 1. The maximum absolute atomic E-state index is 6.12. The number of benzene rings is 2. The standard InChI is InChI=1S/C18H18N4OS/c1-23-15-9-5-6-13(12-15)20-18(24)16-10-11-22(21-17(16)19)14-7-3-2-4-8-14/h2-12,16H,1H3,(H2,19,21)(H,20,24). The highest BCUT2D eigenvalue weighted by molar-refractivity contribution is 7.80. The van der Waals surface area contributed by atoms with Crippen LogP contribution in [0, 0.1) is 5.92 Å². The summed E-state index contributed by atoms with van der Waals surface area (Å²) in [6.45, 7) is 0. The number of methoxy groups -OCH3 is 1. The fourth-order valence-corrected chi connectivity index (χ4v) is 2.67. The molecule has 0 fully saturated rings. The van der Waals surface area contributed by atoms with Gasteiger partial charge in [0.1, 0.15) is 11.6 Å². The molecule has 0 aliphatic carbocycles. The molecule has 3 N–H and O–H groups in total. The predicted octanol–water partition coefficient (Wildman–Crippen LogP) is 3.36. The van der Waals surface area contributed by atoms with Gasteiger partial charge < -0.3 is 15.8 Å². The Labute approximate surface area is 146 Å². The quantitative estimate of drug-likeness (QED) is 0.837. The lowest BCUT2D eigenvalue weighted by Crippen LogP contribution is -2.36. The molecule has 1 heterocycles. The van der Waals surface area contributed by atoms with Gasteiger partial charge in [-0.15, -0.1) is 0 Å². The average Bonchev–Trinajstić information content (AvgIpc) is 2.62. The third-order valence-corrected chi connectivity index (χ3v) is 3.96. The fraction of sp³-hybridized carbons (Fsp3) is 0.111. The van der Waals surface area contributed by atoms with Crippen LogP contribution in [0.1, 0.15) is 0 Å². The molecule has 2 aromatic rings. The maximum Gasteiger partial charge on any atom is 0.134 e. The number of para-hydroxylation sites is 1. The van der Waals surface area contributed by atoms with Crippen LogP contribution >= 0.6 is 12.2 Å². The first-order valence-corrected chi connectivity index (χ1v) is 7.89. The van der Waals surface area contributed by atoms with Gasteiger partial charge in [0, 0.05) is 18.0 Å². The molecule has 1 unspecified atom stereocenters. The van der Waals surface area contributed by atoms with Crippen LogP contribution in [-0.2, 0) is 0 Å². The number of anilines is 2. The Bertz CT molecular complexity index is 789. The Morgan fingerprint density at radius 3 is 2.71 bits per heavy atom. The number of nitrogens with zero attached hydrogens (tertiary/aromatic N) is 2. The van der Waals surface area contributed by atoms with Gasteiger partial charge in [-0.25, -0.2) is 5.01 Å². The van der Waals surface area contributed by atoms with Crippen molar-refractivity contribution < 1.29 is 4.74 Å². The van der Waals surface area contributed by atoms with Crippen molar-refractivity contribution in [3.63, 3.8) is 0 Å². The molecular weight excluding hydrogens is 320 g/mol. The van der Waals surface area contributed by atoms with Crippen molar-refractivity contribution in [2.75, 3.05) is 17.4 Å². The van der Waals surface area contributed by atoms with Crippen molar-refractivity contribution in [1.82, 2.24) is 0 Å². The van der Waals surface area contributed by atoms with E-state index in [9.17, 15) is 0 Å². The van der Waals surface area contributed by atoms with Gasteiger partial charge in [0.05, 0.1) is 23.7 Å². The molecule has 6 heteroatoms. The molecule has 0 bridgehead atoms. The van der Waals surface area contributed by atoms with Crippen LogP contribution < -0.4 is 20.8 Å². The number of rotatable bonds is 4. The zero-order chi connectivity index (χ0) is 16.9. The topological polar surface area (TPSA) is 62.9 Å². The largest absolute Gasteiger partial charge is 0.497 e. The lowest BCUT2D eigenvalue weighted by molar-refractivity contribution is 0.415. The normalized spacial score (nSPS) is 16.5. The molecule has 3 rings (SSSR count). The van der Waals surface area contributed by atoms with Crippen molar-refractivity contribution in [3.8, 4) is 5.75 Å². The Morgan fingerprint density at radius 2 is 2.00 bits per heavy atom. The average molecular weight is 338 g/mol. The number of hydrogen-bond acceptors (Lipinski definition) is 5. The van der Waals surface area contributed by atoms with Gasteiger partial charge in [-0.3, -0.25) is 0 Å². The summed E-state index contributed by atoms with van der Waals surface area (Å²) in [5, 5.41) is 9.35. The van der Waals surface area contributed by atoms with E-state index in [2.05, 4.69) is 10.4 Å². The number of hydrogen-bond donors (Lipinski definition) is 2. The predicted molar refractivity (Wildman–Crippen MR) is 102 cm³/mol. The van der Waals surface area contributed by atoms with E-state index in [-0.39, 0.29) is 5.92 Å². The third-order valence-electron chi connectivity index (χ3n) is 3.60. The zero-order valence-corrected chi connectivity index (χ0v) is 14.0. The zero-order valence-electron chi connectivity index (χ0n) is 13.2. The summed E-state index contributed by atoms with van der Waals surface area (Å²) < 4.78 is 5.21. The Kier molecular flexibility index (Phi) is 4.77. The monoisotopic (exact) mass is 338 g/mol. The van der Waals surface area contributed by atoms with E-state index in [0.29, 0.717) is 10.8 Å². The van der Waals surface area contributed by atoms with Gasteiger partial charge in [-0.2, -0.15) is 5.10 Å². The second-order valence-corrected chi connectivity index (χ2v) is 5.69. The van der Waals surface area contributed by atoms with Crippen molar-refractivity contribution >= 4 is 34.4 Å². The lowest BCUT2D eigenvalue weighted by Gasteiger charge is -2.24. The molecule has 0 amide bonds. The Balaban J connectivity index is 1.72. The maximum atomic E-state index is 6.12. The first kappa shape index (κ1) is 16.0. The number of ether oxygens (including phenoxy) is 1. The van der Waals surface area contributed by atoms with Crippen LogP contribution in [-0.4, -0.2) is 17.9 Å². The third kappa shape index (κ3) is 3.55. The minimum Gasteiger partial charge on any atom is -0.497 e. The summed E-state index contributed by atoms with van der Waals surface area (Å²) in [4.78, 5) is 0.591. The van der Waals surface area contributed by atoms with Crippen molar-refractivity contribution in [2.45, 2.75) is 0 Å². The highest BCUT2D eigenvalue weighted by atomic mass is 32.1. The van der Waals surface area contributed by atoms with Crippen molar-refractivity contribution in [2.24, 2.45) is 16.8 Å². The van der Waals surface area contributed by atoms with E-state index in [4.69, 9.17) is 22.7 Å². The summed E-state index contributed by atoms with van der Waals surface area (Å²) in [6.07, 6.45) is 3.81. The molecule has 2 aromatic carbocycles. The van der Waals surface area contributed by atoms with Gasteiger partial charge in [0.25, 0.3) is 0 Å². The molecule has 24 heavy (non-hydrogen) atoms. The van der Waals surface area contributed by atoms with Crippen molar-refractivity contribution in [3.05, 3.63) is 66.9 Å². The van der Waals surface area contributed by atoms with E-state index in [1.807, 2.05) is 66.9 Å². The van der Waals surface area contributed by atoms with Crippen LogP contribution in [0.15, 0.2) is 72.0 Å². The summed E-state index contributed by atoms with van der Waals surface area (Å²) in [7, 11) is 1.63. The van der Waals surface area contributed by atoms with Gasteiger partial charge in [0.15, 0.2) is 0 Å². The summed E-state index contributed by atoms with van der Waals surface area (Å²) in [5.74, 6) is 0.965. The van der Waals surface area contributed by atoms with E-state index in [1.54, 1.807) is 12.1 Å². The lowest BCUT2D eigenvalue weighted by atomic mass is 10.1. The van der Waals surface area contributed by atoms with Crippen molar-refractivity contribution in [1.29, 1.82) is 0 Å². The van der Waals surface area contributed by atoms with Gasteiger partial charge >= 0.3 is 0 Å². The van der Waals surface area contributed by atoms with Gasteiger partial charge in [0.2, 0.25) is 0 Å². The number of thiocarbonyl (C=S) groups is 1. The first-order chi connectivity index (χ1) is 11.7. The fourth-order valence-electron chi connectivity index (χ4n) is 2.35. The van der Waals surface area contributed by atoms with Crippen LogP contribution in [0.2, 0.25) is 0 Å². The molecule has 0 saturated heterocycles. The molecule has 0 aromatic heterocycles. The SMILES string of the molecule is COc1cccc(NC(=S)C2C=CN(c3ccccc3)N=C2N)c1. The second-order valence-electron chi connectivity index (χ2n) is 5.25. The molecule has 0 radical (unpaired) electrons. The number of hydrazone groups is 1.